The summed E-state index contributed by atoms with van der Waals surface area (Å²) in [4.78, 5) is 25.3. The van der Waals surface area contributed by atoms with Crippen molar-refractivity contribution in [3.05, 3.63) is 27.3 Å². The summed E-state index contributed by atoms with van der Waals surface area (Å²) in [5, 5.41) is 0. The predicted octanol–water partition coefficient (Wildman–Crippen LogP) is 4.27. The van der Waals surface area contributed by atoms with Crippen molar-refractivity contribution in [2.75, 3.05) is 13.2 Å². The molecule has 0 saturated carbocycles. The fraction of sp³-hybridized carbons (Fsp3) is 0.556. The molecule has 1 fully saturated rings. The van der Waals surface area contributed by atoms with Gasteiger partial charge >= 0.3 is 6.09 Å². The second kappa shape index (κ2) is 8.18. The van der Waals surface area contributed by atoms with Gasteiger partial charge in [0.05, 0.1) is 11.6 Å². The summed E-state index contributed by atoms with van der Waals surface area (Å²) in [6, 6.07) is 5.45. The molecule has 6 heteroatoms. The van der Waals surface area contributed by atoms with Crippen LogP contribution in [-0.4, -0.2) is 42.1 Å². The van der Waals surface area contributed by atoms with Gasteiger partial charge in [0.15, 0.2) is 6.29 Å². The molecule has 2 rings (SSSR count). The summed E-state index contributed by atoms with van der Waals surface area (Å²) < 4.78 is 12.3. The maximum atomic E-state index is 12.4. The van der Waals surface area contributed by atoms with Gasteiger partial charge in [-0.2, -0.15) is 0 Å². The number of halogens is 1. The maximum absolute atomic E-state index is 12.4. The van der Waals surface area contributed by atoms with Gasteiger partial charge in [-0.3, -0.25) is 4.79 Å². The highest BCUT2D eigenvalue weighted by molar-refractivity contribution is 14.1. The van der Waals surface area contributed by atoms with Gasteiger partial charge in [-0.1, -0.05) is 0 Å². The zero-order valence-electron chi connectivity index (χ0n) is 14.4. The van der Waals surface area contributed by atoms with Gasteiger partial charge < -0.3 is 14.4 Å². The lowest BCUT2D eigenvalue weighted by Crippen LogP contribution is -2.48. The number of amides is 1. The number of piperidine rings is 1. The standard InChI is InChI=1S/C18H24INO4/c1-18(2,3)24-17(22)20-9-5-4-6-15(20)12-23-16-8-7-14(19)10-13(16)11-21/h7-8,10-11,15H,4-6,9,12H2,1-3H3. The van der Waals surface area contributed by atoms with Gasteiger partial charge in [0, 0.05) is 10.1 Å². The van der Waals surface area contributed by atoms with Crippen molar-refractivity contribution < 1.29 is 19.1 Å². The largest absolute Gasteiger partial charge is 0.491 e. The summed E-state index contributed by atoms with van der Waals surface area (Å²) in [7, 11) is 0. The third kappa shape index (κ3) is 5.36. The average molecular weight is 445 g/mol. The average Bonchev–Trinajstić information content (AvgIpc) is 2.52. The summed E-state index contributed by atoms with van der Waals surface area (Å²) >= 11 is 2.16. The van der Waals surface area contributed by atoms with Gasteiger partial charge in [0.1, 0.15) is 18.0 Å². The van der Waals surface area contributed by atoms with Crippen molar-refractivity contribution >= 4 is 35.0 Å². The molecule has 132 valence electrons. The van der Waals surface area contributed by atoms with Crippen molar-refractivity contribution in [3.8, 4) is 5.75 Å². The van der Waals surface area contributed by atoms with Crippen molar-refractivity contribution in [1.29, 1.82) is 0 Å². The zero-order chi connectivity index (χ0) is 17.7. The van der Waals surface area contributed by atoms with Crippen LogP contribution in [0.5, 0.6) is 5.75 Å². The van der Waals surface area contributed by atoms with E-state index in [1.165, 1.54) is 0 Å². The molecule has 0 aliphatic carbocycles. The lowest BCUT2D eigenvalue weighted by molar-refractivity contribution is 0.00355. The van der Waals surface area contributed by atoms with Crippen molar-refractivity contribution in [2.24, 2.45) is 0 Å². The third-order valence-corrected chi connectivity index (χ3v) is 4.46. The van der Waals surface area contributed by atoms with Crippen LogP contribution in [0.15, 0.2) is 18.2 Å². The van der Waals surface area contributed by atoms with Gasteiger partial charge in [-0.25, -0.2) is 4.79 Å². The van der Waals surface area contributed by atoms with Crippen molar-refractivity contribution in [2.45, 2.75) is 51.7 Å². The number of hydrogen-bond acceptors (Lipinski definition) is 4. The molecule has 1 atom stereocenters. The molecule has 0 spiro atoms. The van der Waals surface area contributed by atoms with Crippen LogP contribution in [0.3, 0.4) is 0 Å². The zero-order valence-corrected chi connectivity index (χ0v) is 16.5. The van der Waals surface area contributed by atoms with Gasteiger partial charge in [-0.15, -0.1) is 0 Å². The van der Waals surface area contributed by atoms with Crippen LogP contribution in [0.4, 0.5) is 4.79 Å². The fourth-order valence-electron chi connectivity index (χ4n) is 2.66. The molecule has 1 aromatic carbocycles. The van der Waals surface area contributed by atoms with Crippen LogP contribution in [0.25, 0.3) is 0 Å². The molecule has 0 N–H and O–H groups in total. The molecule has 0 bridgehead atoms. The Morgan fingerprint density at radius 1 is 1.38 bits per heavy atom. The third-order valence-electron chi connectivity index (χ3n) is 3.79. The van der Waals surface area contributed by atoms with E-state index in [4.69, 9.17) is 9.47 Å². The molecule has 5 nitrogen and oxygen atoms in total. The summed E-state index contributed by atoms with van der Waals surface area (Å²) in [6.07, 6.45) is 3.40. The van der Waals surface area contributed by atoms with Crippen LogP contribution in [0, 0.1) is 3.57 Å². The monoisotopic (exact) mass is 445 g/mol. The molecule has 24 heavy (non-hydrogen) atoms. The molecular formula is C18H24INO4. The second-order valence-corrected chi connectivity index (χ2v) is 8.18. The number of hydrogen-bond donors (Lipinski definition) is 0. The molecule has 0 radical (unpaired) electrons. The Labute approximate surface area is 156 Å². The number of carbonyl (C=O) groups excluding carboxylic acids is 2. The summed E-state index contributed by atoms with van der Waals surface area (Å²) in [6.45, 7) is 6.63. The smallest absolute Gasteiger partial charge is 0.410 e. The van der Waals surface area contributed by atoms with Crippen LogP contribution in [0.1, 0.15) is 50.4 Å². The summed E-state index contributed by atoms with van der Waals surface area (Å²) in [5.74, 6) is 0.556. The van der Waals surface area contributed by atoms with Gasteiger partial charge in [-0.05, 0) is 80.8 Å². The SMILES string of the molecule is CC(C)(C)OC(=O)N1CCCCC1COc1ccc(I)cc1C=O. The van der Waals surface area contributed by atoms with E-state index in [9.17, 15) is 9.59 Å². The Bertz CT molecular complexity index is 597. The van der Waals surface area contributed by atoms with E-state index in [-0.39, 0.29) is 12.1 Å². The molecule has 1 heterocycles. The van der Waals surface area contributed by atoms with E-state index in [0.29, 0.717) is 24.5 Å². The first-order valence-corrected chi connectivity index (χ1v) is 9.25. The minimum Gasteiger partial charge on any atom is -0.491 e. The minimum absolute atomic E-state index is 0.0348. The Balaban J connectivity index is 2.04. The lowest BCUT2D eigenvalue weighted by atomic mass is 10.0. The van der Waals surface area contributed by atoms with Crippen LogP contribution in [0.2, 0.25) is 0 Å². The fourth-order valence-corrected chi connectivity index (χ4v) is 3.18. The Hall–Kier alpha value is -1.31. The number of benzene rings is 1. The Morgan fingerprint density at radius 3 is 2.79 bits per heavy atom. The second-order valence-electron chi connectivity index (χ2n) is 6.93. The van der Waals surface area contributed by atoms with E-state index in [1.54, 1.807) is 17.0 Å². The minimum atomic E-state index is -0.513. The van der Waals surface area contributed by atoms with Crippen LogP contribution < -0.4 is 4.74 Å². The number of rotatable bonds is 4. The number of carbonyl (C=O) groups is 2. The number of likely N-dealkylation sites (tertiary alicyclic amines) is 1. The van der Waals surface area contributed by atoms with E-state index in [1.807, 2.05) is 26.8 Å². The lowest BCUT2D eigenvalue weighted by Gasteiger charge is -2.36. The van der Waals surface area contributed by atoms with Crippen LogP contribution >= 0.6 is 22.6 Å². The van der Waals surface area contributed by atoms with E-state index in [2.05, 4.69) is 22.6 Å². The number of ether oxygens (including phenoxy) is 2. The highest BCUT2D eigenvalue weighted by Crippen LogP contribution is 2.24. The van der Waals surface area contributed by atoms with Crippen molar-refractivity contribution in [3.63, 3.8) is 0 Å². The van der Waals surface area contributed by atoms with Crippen molar-refractivity contribution in [1.82, 2.24) is 4.90 Å². The molecule has 0 aromatic heterocycles. The van der Waals surface area contributed by atoms with E-state index in [0.717, 1.165) is 29.1 Å². The number of aldehydes is 1. The summed E-state index contributed by atoms with van der Waals surface area (Å²) in [5.41, 5.74) is 0.0160. The Morgan fingerprint density at radius 2 is 2.12 bits per heavy atom. The first-order chi connectivity index (χ1) is 11.3. The molecular weight excluding hydrogens is 421 g/mol. The molecule has 1 saturated heterocycles. The topological polar surface area (TPSA) is 55.8 Å². The van der Waals surface area contributed by atoms with Gasteiger partial charge in [0.2, 0.25) is 0 Å². The molecule has 1 aliphatic heterocycles. The van der Waals surface area contributed by atoms with E-state index >= 15 is 0 Å². The highest BCUT2D eigenvalue weighted by atomic mass is 127. The number of nitrogens with zero attached hydrogens (tertiary/aromatic N) is 1. The first-order valence-electron chi connectivity index (χ1n) is 8.17. The normalized spacial score (nSPS) is 18.2. The molecule has 1 aromatic rings. The maximum Gasteiger partial charge on any atom is 0.410 e. The first kappa shape index (κ1) is 19.0. The predicted molar refractivity (Wildman–Crippen MR) is 101 cm³/mol. The molecule has 1 unspecified atom stereocenters. The van der Waals surface area contributed by atoms with E-state index < -0.39 is 5.60 Å². The quantitative estimate of drug-likeness (QED) is 0.513. The molecule has 1 aliphatic rings. The van der Waals surface area contributed by atoms with Crippen LogP contribution in [-0.2, 0) is 4.74 Å². The molecule has 1 amide bonds. The Kier molecular flexibility index (Phi) is 6.48. The highest BCUT2D eigenvalue weighted by Gasteiger charge is 2.31. The van der Waals surface area contributed by atoms with Gasteiger partial charge in [0.25, 0.3) is 0 Å².